The Morgan fingerprint density at radius 1 is 1.29 bits per heavy atom. The molecule has 0 unspecified atom stereocenters. The van der Waals surface area contributed by atoms with E-state index in [1.54, 1.807) is 0 Å². The van der Waals surface area contributed by atoms with Crippen LogP contribution in [0.2, 0.25) is 0 Å². The minimum Gasteiger partial charge on any atom is -0.370 e. The zero-order chi connectivity index (χ0) is 12.1. The van der Waals surface area contributed by atoms with Crippen molar-refractivity contribution >= 4 is 35.6 Å². The summed E-state index contributed by atoms with van der Waals surface area (Å²) in [6, 6.07) is 6.17. The molecule has 4 heteroatoms. The highest BCUT2D eigenvalue weighted by molar-refractivity contribution is 14.0. The van der Waals surface area contributed by atoms with E-state index >= 15 is 0 Å². The summed E-state index contributed by atoms with van der Waals surface area (Å²) in [7, 11) is 0. The van der Waals surface area contributed by atoms with E-state index in [-0.39, 0.29) is 24.0 Å². The van der Waals surface area contributed by atoms with E-state index in [1.165, 1.54) is 11.1 Å². The van der Waals surface area contributed by atoms with Crippen molar-refractivity contribution in [3.63, 3.8) is 0 Å². The van der Waals surface area contributed by atoms with Crippen LogP contribution in [0.15, 0.2) is 23.2 Å². The molecule has 0 amide bonds. The zero-order valence-electron chi connectivity index (χ0n) is 10.9. The summed E-state index contributed by atoms with van der Waals surface area (Å²) in [5.74, 6) is 1.01. The van der Waals surface area contributed by atoms with Crippen LogP contribution in [0.1, 0.15) is 25.0 Å². The lowest BCUT2D eigenvalue weighted by atomic mass is 10.1. The molecule has 0 fully saturated rings. The lowest BCUT2D eigenvalue weighted by molar-refractivity contribution is 0.665. The number of halogens is 1. The molecule has 96 valence electrons. The van der Waals surface area contributed by atoms with Gasteiger partial charge >= 0.3 is 0 Å². The van der Waals surface area contributed by atoms with Crippen molar-refractivity contribution in [2.75, 3.05) is 11.9 Å². The zero-order valence-corrected chi connectivity index (χ0v) is 13.3. The molecule has 0 spiro atoms. The summed E-state index contributed by atoms with van der Waals surface area (Å²) in [5.41, 5.74) is 9.31. The molecule has 0 saturated carbocycles. The standard InChI is InChI=1S/C13H21N3.HI/c1-9(2)8-15-13(14)16-12-6-5-10(3)11(4)7-12;/h5-7,9H,8H2,1-4H3,(H3,14,15,16);1H. The fourth-order valence-corrected chi connectivity index (χ4v) is 1.29. The van der Waals surface area contributed by atoms with Crippen LogP contribution in [0, 0.1) is 19.8 Å². The maximum atomic E-state index is 5.78. The number of guanidine groups is 1. The van der Waals surface area contributed by atoms with E-state index in [2.05, 4.69) is 50.1 Å². The Bertz CT molecular complexity index is 386. The molecule has 0 bridgehead atoms. The Balaban J connectivity index is 0.00000256. The molecule has 0 aliphatic heterocycles. The van der Waals surface area contributed by atoms with E-state index in [0.29, 0.717) is 11.9 Å². The number of hydrogen-bond acceptors (Lipinski definition) is 1. The first-order valence-corrected chi connectivity index (χ1v) is 5.63. The molecule has 3 nitrogen and oxygen atoms in total. The average Bonchev–Trinajstić information content (AvgIpc) is 2.21. The van der Waals surface area contributed by atoms with Crippen molar-refractivity contribution in [2.45, 2.75) is 27.7 Å². The van der Waals surface area contributed by atoms with E-state index in [4.69, 9.17) is 5.73 Å². The molecular weight excluding hydrogens is 325 g/mol. The van der Waals surface area contributed by atoms with Gasteiger partial charge in [0.25, 0.3) is 0 Å². The molecule has 3 N–H and O–H groups in total. The van der Waals surface area contributed by atoms with Gasteiger partial charge in [-0.25, -0.2) is 0 Å². The number of benzene rings is 1. The molecule has 0 atom stereocenters. The highest BCUT2D eigenvalue weighted by Gasteiger charge is 1.98. The Morgan fingerprint density at radius 2 is 1.94 bits per heavy atom. The molecule has 1 aromatic rings. The van der Waals surface area contributed by atoms with Crippen LogP contribution in [0.5, 0.6) is 0 Å². The number of nitrogens with two attached hydrogens (primary N) is 1. The van der Waals surface area contributed by atoms with E-state index in [0.717, 1.165) is 12.2 Å². The van der Waals surface area contributed by atoms with Crippen LogP contribution in [0.25, 0.3) is 0 Å². The van der Waals surface area contributed by atoms with Gasteiger partial charge in [-0.3, -0.25) is 4.99 Å². The average molecular weight is 347 g/mol. The van der Waals surface area contributed by atoms with Crippen LogP contribution < -0.4 is 11.1 Å². The van der Waals surface area contributed by atoms with Gasteiger partial charge in [0.15, 0.2) is 5.96 Å². The minimum absolute atomic E-state index is 0. The van der Waals surface area contributed by atoms with Crippen molar-refractivity contribution in [1.29, 1.82) is 0 Å². The van der Waals surface area contributed by atoms with Gasteiger partial charge in [0.2, 0.25) is 0 Å². The van der Waals surface area contributed by atoms with Crippen LogP contribution in [0.3, 0.4) is 0 Å². The van der Waals surface area contributed by atoms with Crippen molar-refractivity contribution in [3.05, 3.63) is 29.3 Å². The van der Waals surface area contributed by atoms with Crippen LogP contribution in [0.4, 0.5) is 5.69 Å². The van der Waals surface area contributed by atoms with Crippen molar-refractivity contribution < 1.29 is 0 Å². The predicted octanol–water partition coefficient (Wildman–Crippen LogP) is 3.30. The summed E-state index contributed by atoms with van der Waals surface area (Å²) in [5, 5.41) is 3.09. The second-order valence-electron chi connectivity index (χ2n) is 4.54. The second-order valence-corrected chi connectivity index (χ2v) is 4.54. The Kier molecular flexibility index (Phi) is 7.18. The first-order valence-electron chi connectivity index (χ1n) is 5.63. The van der Waals surface area contributed by atoms with E-state index in [1.807, 2.05) is 6.07 Å². The first-order chi connectivity index (χ1) is 7.49. The molecule has 0 saturated heterocycles. The number of anilines is 1. The van der Waals surface area contributed by atoms with Gasteiger partial charge in [-0.2, -0.15) is 0 Å². The Hall–Kier alpha value is -0.780. The summed E-state index contributed by atoms with van der Waals surface area (Å²) in [6.45, 7) is 9.17. The quantitative estimate of drug-likeness (QED) is 0.501. The molecular formula is C13H22IN3. The lowest BCUT2D eigenvalue weighted by Gasteiger charge is -2.08. The summed E-state index contributed by atoms with van der Waals surface area (Å²) in [6.07, 6.45) is 0. The van der Waals surface area contributed by atoms with E-state index < -0.39 is 0 Å². The normalized spacial score (nSPS) is 11.2. The maximum absolute atomic E-state index is 5.78. The van der Waals surface area contributed by atoms with Crippen LogP contribution in [-0.4, -0.2) is 12.5 Å². The smallest absolute Gasteiger partial charge is 0.193 e. The molecule has 0 aliphatic carbocycles. The molecule has 17 heavy (non-hydrogen) atoms. The number of aliphatic imine (C=N–C) groups is 1. The largest absolute Gasteiger partial charge is 0.370 e. The van der Waals surface area contributed by atoms with Crippen molar-refractivity contribution in [2.24, 2.45) is 16.6 Å². The SMILES string of the molecule is Cc1ccc(NC(N)=NCC(C)C)cc1C.I. The highest BCUT2D eigenvalue weighted by atomic mass is 127. The lowest BCUT2D eigenvalue weighted by Crippen LogP contribution is -2.23. The minimum atomic E-state index is 0. The van der Waals surface area contributed by atoms with Gasteiger partial charge in [-0.1, -0.05) is 19.9 Å². The third-order valence-electron chi connectivity index (χ3n) is 2.41. The number of aryl methyl sites for hydroxylation is 2. The first kappa shape index (κ1) is 16.2. The number of hydrogen-bond donors (Lipinski definition) is 2. The van der Waals surface area contributed by atoms with E-state index in [9.17, 15) is 0 Å². The van der Waals surface area contributed by atoms with Gasteiger partial charge in [0.05, 0.1) is 0 Å². The van der Waals surface area contributed by atoms with Crippen molar-refractivity contribution in [3.8, 4) is 0 Å². The number of nitrogens with zero attached hydrogens (tertiary/aromatic N) is 1. The summed E-state index contributed by atoms with van der Waals surface area (Å²) >= 11 is 0. The monoisotopic (exact) mass is 347 g/mol. The van der Waals surface area contributed by atoms with Gasteiger partial charge in [-0.05, 0) is 43.0 Å². The predicted molar refractivity (Wildman–Crippen MR) is 86.3 cm³/mol. The number of nitrogens with one attached hydrogen (secondary N) is 1. The highest BCUT2D eigenvalue weighted by Crippen LogP contribution is 2.13. The third-order valence-corrected chi connectivity index (χ3v) is 2.41. The van der Waals surface area contributed by atoms with Gasteiger partial charge < -0.3 is 11.1 Å². The Labute approximate surface area is 121 Å². The van der Waals surface area contributed by atoms with Gasteiger partial charge in [0.1, 0.15) is 0 Å². The molecule has 0 aromatic heterocycles. The Morgan fingerprint density at radius 3 is 2.47 bits per heavy atom. The summed E-state index contributed by atoms with van der Waals surface area (Å²) < 4.78 is 0. The van der Waals surface area contributed by atoms with Gasteiger partial charge in [-0.15, -0.1) is 24.0 Å². The van der Waals surface area contributed by atoms with Crippen molar-refractivity contribution in [1.82, 2.24) is 0 Å². The molecule has 1 aromatic carbocycles. The van der Waals surface area contributed by atoms with Crippen LogP contribution >= 0.6 is 24.0 Å². The second kappa shape index (κ2) is 7.53. The molecule has 0 radical (unpaired) electrons. The fourth-order valence-electron chi connectivity index (χ4n) is 1.29. The maximum Gasteiger partial charge on any atom is 0.193 e. The number of rotatable bonds is 3. The molecule has 1 rings (SSSR count). The molecule has 0 heterocycles. The fraction of sp³-hybridized carbons (Fsp3) is 0.462. The van der Waals surface area contributed by atoms with Crippen LogP contribution in [-0.2, 0) is 0 Å². The summed E-state index contributed by atoms with van der Waals surface area (Å²) in [4.78, 5) is 4.25. The molecule has 0 aliphatic rings. The third kappa shape index (κ3) is 5.91. The topological polar surface area (TPSA) is 50.4 Å². The van der Waals surface area contributed by atoms with Gasteiger partial charge in [0, 0.05) is 12.2 Å².